The Morgan fingerprint density at radius 1 is 1.14 bits per heavy atom. The number of urea groups is 1. The number of carbonyl (C=O) groups excluding carboxylic acids is 2. The summed E-state index contributed by atoms with van der Waals surface area (Å²) in [6.45, 7) is 6.50. The first-order valence-electron chi connectivity index (χ1n) is 9.57. The van der Waals surface area contributed by atoms with Crippen molar-refractivity contribution in [3.63, 3.8) is 0 Å². The first-order valence-corrected chi connectivity index (χ1v) is 9.57. The van der Waals surface area contributed by atoms with E-state index in [4.69, 9.17) is 4.74 Å². The van der Waals surface area contributed by atoms with Crippen LogP contribution in [-0.2, 0) is 7.05 Å². The van der Waals surface area contributed by atoms with Crippen molar-refractivity contribution >= 4 is 17.6 Å². The Kier molecular flexibility index (Phi) is 6.18. The summed E-state index contributed by atoms with van der Waals surface area (Å²) in [6.07, 6.45) is 0.720. The minimum atomic E-state index is -0.185. The van der Waals surface area contributed by atoms with Crippen LogP contribution in [0.4, 0.5) is 10.5 Å². The molecular formula is C20H27N5O3. The molecule has 2 heterocycles. The zero-order valence-electron chi connectivity index (χ0n) is 16.6. The van der Waals surface area contributed by atoms with E-state index in [0.29, 0.717) is 49.9 Å². The van der Waals surface area contributed by atoms with Crippen LogP contribution < -0.4 is 10.1 Å². The molecule has 8 nitrogen and oxygen atoms in total. The smallest absolute Gasteiger partial charge is 0.322 e. The van der Waals surface area contributed by atoms with Gasteiger partial charge in [0.15, 0.2) is 5.69 Å². The highest BCUT2D eigenvalue weighted by atomic mass is 16.5. The fourth-order valence-electron chi connectivity index (χ4n) is 3.20. The lowest BCUT2D eigenvalue weighted by Crippen LogP contribution is -2.39. The topological polar surface area (TPSA) is 79.7 Å². The van der Waals surface area contributed by atoms with Crippen LogP contribution in [0.2, 0.25) is 0 Å². The Morgan fingerprint density at radius 3 is 2.57 bits per heavy atom. The van der Waals surface area contributed by atoms with Crippen LogP contribution in [0.1, 0.15) is 29.5 Å². The molecule has 150 valence electrons. The summed E-state index contributed by atoms with van der Waals surface area (Å²) in [5.74, 6) is 0.558. The highest BCUT2D eigenvalue weighted by molar-refractivity contribution is 5.93. The van der Waals surface area contributed by atoms with Crippen molar-refractivity contribution in [3.05, 3.63) is 41.7 Å². The summed E-state index contributed by atoms with van der Waals surface area (Å²) in [4.78, 5) is 28.9. The molecule has 1 aromatic heterocycles. The molecule has 0 atom stereocenters. The van der Waals surface area contributed by atoms with E-state index in [1.54, 1.807) is 20.5 Å². The Bertz CT molecular complexity index is 829. The highest BCUT2D eigenvalue weighted by Gasteiger charge is 2.24. The molecule has 8 heteroatoms. The summed E-state index contributed by atoms with van der Waals surface area (Å²) in [7, 11) is 1.82. The first kappa shape index (κ1) is 19.7. The Labute approximate surface area is 165 Å². The molecule has 0 radical (unpaired) electrons. The number of amides is 3. The molecule has 1 aliphatic rings. The van der Waals surface area contributed by atoms with Gasteiger partial charge in [0, 0.05) is 38.9 Å². The summed E-state index contributed by atoms with van der Waals surface area (Å²) < 4.78 is 7.26. The number of anilines is 1. The second-order valence-electron chi connectivity index (χ2n) is 6.79. The van der Waals surface area contributed by atoms with E-state index in [1.165, 1.54) is 0 Å². The lowest BCUT2D eigenvalue weighted by molar-refractivity contribution is 0.0756. The molecule has 1 N–H and O–H groups in total. The van der Waals surface area contributed by atoms with Crippen molar-refractivity contribution in [1.29, 1.82) is 0 Å². The molecule has 0 spiro atoms. The number of para-hydroxylation sites is 2. The Hall–Kier alpha value is -3.03. The number of nitrogens with one attached hydrogen (secondary N) is 1. The molecular weight excluding hydrogens is 358 g/mol. The number of aryl methyl sites for hydroxylation is 2. The third kappa shape index (κ3) is 4.44. The van der Waals surface area contributed by atoms with Crippen LogP contribution in [0.3, 0.4) is 0 Å². The molecule has 0 unspecified atom stereocenters. The second-order valence-corrected chi connectivity index (χ2v) is 6.79. The number of aromatic nitrogens is 2. The Morgan fingerprint density at radius 2 is 1.86 bits per heavy atom. The predicted molar refractivity (Wildman–Crippen MR) is 107 cm³/mol. The molecule has 0 aliphatic carbocycles. The fraction of sp³-hybridized carbons (Fsp3) is 0.450. The SMILES string of the molecule is CCOc1ccccc1NC(=O)N1CCCN(C(=O)c2cc(C)n(C)n2)CC1. The standard InChI is InChI=1S/C20H27N5O3/c1-4-28-18-9-6-5-8-16(18)21-20(27)25-11-7-10-24(12-13-25)19(26)17-14-15(2)23(3)22-17/h5-6,8-9,14H,4,7,10-13H2,1-3H3,(H,21,27). The van der Waals surface area contributed by atoms with Gasteiger partial charge in [-0.05, 0) is 38.5 Å². The Balaban J connectivity index is 1.62. The summed E-state index contributed by atoms with van der Waals surface area (Å²) in [6, 6.07) is 8.99. The summed E-state index contributed by atoms with van der Waals surface area (Å²) in [5.41, 5.74) is 2.03. The highest BCUT2D eigenvalue weighted by Crippen LogP contribution is 2.24. The molecule has 1 aromatic carbocycles. The van der Waals surface area contributed by atoms with E-state index in [0.717, 1.165) is 12.1 Å². The van der Waals surface area contributed by atoms with Gasteiger partial charge in [-0.1, -0.05) is 12.1 Å². The van der Waals surface area contributed by atoms with Gasteiger partial charge in [0.2, 0.25) is 0 Å². The van der Waals surface area contributed by atoms with Crippen LogP contribution >= 0.6 is 0 Å². The third-order valence-electron chi connectivity index (χ3n) is 4.83. The fourth-order valence-corrected chi connectivity index (χ4v) is 3.20. The van der Waals surface area contributed by atoms with Gasteiger partial charge in [0.05, 0.1) is 12.3 Å². The van der Waals surface area contributed by atoms with E-state index in [9.17, 15) is 9.59 Å². The molecule has 3 rings (SSSR count). The van der Waals surface area contributed by atoms with Crippen molar-refractivity contribution in [1.82, 2.24) is 19.6 Å². The van der Waals surface area contributed by atoms with Crippen LogP contribution in [0.25, 0.3) is 0 Å². The molecule has 0 bridgehead atoms. The maximum absolute atomic E-state index is 12.7. The van der Waals surface area contributed by atoms with E-state index >= 15 is 0 Å². The van der Waals surface area contributed by atoms with Gasteiger partial charge in [-0.15, -0.1) is 0 Å². The molecule has 1 fully saturated rings. The number of ether oxygens (including phenoxy) is 1. The zero-order valence-corrected chi connectivity index (χ0v) is 16.6. The van der Waals surface area contributed by atoms with E-state index < -0.39 is 0 Å². The largest absolute Gasteiger partial charge is 0.492 e. The third-order valence-corrected chi connectivity index (χ3v) is 4.83. The average Bonchev–Trinajstić information content (AvgIpc) is 2.88. The molecule has 1 aliphatic heterocycles. The number of carbonyl (C=O) groups is 2. The number of hydrogen-bond acceptors (Lipinski definition) is 4. The van der Waals surface area contributed by atoms with Crippen molar-refractivity contribution in [2.75, 3.05) is 38.1 Å². The van der Waals surface area contributed by atoms with Gasteiger partial charge >= 0.3 is 6.03 Å². The first-order chi connectivity index (χ1) is 13.5. The van der Waals surface area contributed by atoms with E-state index in [-0.39, 0.29) is 11.9 Å². The van der Waals surface area contributed by atoms with Gasteiger partial charge < -0.3 is 19.9 Å². The van der Waals surface area contributed by atoms with E-state index in [1.807, 2.05) is 45.2 Å². The number of rotatable bonds is 4. The second kappa shape index (κ2) is 8.77. The summed E-state index contributed by atoms with van der Waals surface area (Å²) >= 11 is 0. The normalized spacial score (nSPS) is 14.5. The molecule has 28 heavy (non-hydrogen) atoms. The summed E-state index contributed by atoms with van der Waals surface area (Å²) in [5, 5.41) is 7.19. The number of nitrogens with zero attached hydrogens (tertiary/aromatic N) is 4. The van der Waals surface area contributed by atoms with Gasteiger partial charge in [-0.3, -0.25) is 9.48 Å². The zero-order chi connectivity index (χ0) is 20.1. The minimum absolute atomic E-state index is 0.0901. The maximum Gasteiger partial charge on any atom is 0.322 e. The quantitative estimate of drug-likeness (QED) is 0.877. The molecule has 2 aromatic rings. The van der Waals surface area contributed by atoms with Gasteiger partial charge in [-0.25, -0.2) is 4.79 Å². The van der Waals surface area contributed by atoms with Crippen LogP contribution in [-0.4, -0.2) is 64.3 Å². The minimum Gasteiger partial charge on any atom is -0.492 e. The molecule has 1 saturated heterocycles. The van der Waals surface area contributed by atoms with Crippen LogP contribution in [0.15, 0.2) is 30.3 Å². The predicted octanol–water partition coefficient (Wildman–Crippen LogP) is 2.51. The lowest BCUT2D eigenvalue weighted by Gasteiger charge is -2.22. The van der Waals surface area contributed by atoms with Crippen molar-refractivity contribution in [3.8, 4) is 5.75 Å². The van der Waals surface area contributed by atoms with Gasteiger partial charge in [0.1, 0.15) is 5.75 Å². The van der Waals surface area contributed by atoms with Crippen molar-refractivity contribution < 1.29 is 14.3 Å². The van der Waals surface area contributed by atoms with Crippen LogP contribution in [0.5, 0.6) is 5.75 Å². The lowest BCUT2D eigenvalue weighted by atomic mass is 10.3. The van der Waals surface area contributed by atoms with Gasteiger partial charge in [-0.2, -0.15) is 5.10 Å². The van der Waals surface area contributed by atoms with Crippen LogP contribution in [0, 0.1) is 6.92 Å². The maximum atomic E-state index is 12.7. The van der Waals surface area contributed by atoms with Crippen molar-refractivity contribution in [2.24, 2.45) is 7.05 Å². The molecule has 3 amide bonds. The van der Waals surface area contributed by atoms with E-state index in [2.05, 4.69) is 10.4 Å². The number of benzene rings is 1. The monoisotopic (exact) mass is 385 g/mol. The molecule has 0 saturated carbocycles. The van der Waals surface area contributed by atoms with Crippen molar-refractivity contribution in [2.45, 2.75) is 20.3 Å². The number of hydrogen-bond donors (Lipinski definition) is 1. The average molecular weight is 385 g/mol. The van der Waals surface area contributed by atoms with Gasteiger partial charge in [0.25, 0.3) is 5.91 Å².